The van der Waals surface area contributed by atoms with Gasteiger partial charge in [0.25, 0.3) is 5.56 Å². The highest BCUT2D eigenvalue weighted by molar-refractivity contribution is 7.99. The van der Waals surface area contributed by atoms with E-state index in [2.05, 4.69) is 9.97 Å². The van der Waals surface area contributed by atoms with Gasteiger partial charge in [-0.15, -0.1) is 22.7 Å². The second-order valence-corrected chi connectivity index (χ2v) is 8.14. The summed E-state index contributed by atoms with van der Waals surface area (Å²) >= 11 is 4.51. The number of aliphatic carboxylic acids is 1. The number of hydrogen-bond donors (Lipinski definition) is 2. The van der Waals surface area contributed by atoms with E-state index in [-0.39, 0.29) is 12.0 Å². The molecule has 0 spiro atoms. The van der Waals surface area contributed by atoms with Crippen molar-refractivity contribution in [3.05, 3.63) is 32.7 Å². The first-order chi connectivity index (χ1) is 11.1. The Morgan fingerprint density at radius 2 is 2.30 bits per heavy atom. The second kappa shape index (κ2) is 6.86. The third-order valence-electron chi connectivity index (χ3n) is 3.26. The Morgan fingerprint density at radius 3 is 3.00 bits per heavy atom. The van der Waals surface area contributed by atoms with Gasteiger partial charge in [0.15, 0.2) is 5.16 Å². The molecule has 0 aromatic carbocycles. The Labute approximate surface area is 144 Å². The lowest BCUT2D eigenvalue weighted by atomic mass is 10.1. The molecule has 3 rings (SSSR count). The zero-order chi connectivity index (χ0) is 16.4. The van der Waals surface area contributed by atoms with E-state index in [1.165, 1.54) is 23.1 Å². The summed E-state index contributed by atoms with van der Waals surface area (Å²) in [6.45, 7) is 2.00. The van der Waals surface area contributed by atoms with E-state index in [0.717, 1.165) is 20.1 Å². The fourth-order valence-electron chi connectivity index (χ4n) is 2.28. The first-order valence-electron chi connectivity index (χ1n) is 6.98. The Hall–Kier alpha value is -1.64. The molecule has 0 amide bonds. The Balaban J connectivity index is 1.91. The molecule has 2 N–H and O–H groups in total. The third-order valence-corrected chi connectivity index (χ3v) is 6.10. The van der Waals surface area contributed by atoms with Crippen LogP contribution >= 0.6 is 34.4 Å². The van der Waals surface area contributed by atoms with E-state index in [4.69, 9.17) is 5.11 Å². The molecule has 0 radical (unpaired) electrons. The third kappa shape index (κ3) is 3.49. The summed E-state index contributed by atoms with van der Waals surface area (Å²) in [5.41, 5.74) is 0.833. The molecule has 0 saturated carbocycles. The molecule has 3 heterocycles. The summed E-state index contributed by atoms with van der Waals surface area (Å²) in [6, 6.07) is 3.98. The Morgan fingerprint density at radius 1 is 1.48 bits per heavy atom. The summed E-state index contributed by atoms with van der Waals surface area (Å²) in [5.74, 6) is -0.194. The number of thiophene rings is 2. The molecule has 0 fully saturated rings. The zero-order valence-corrected chi connectivity index (χ0v) is 14.7. The van der Waals surface area contributed by atoms with Crippen LogP contribution in [0.5, 0.6) is 0 Å². The molecule has 5 nitrogen and oxygen atoms in total. The van der Waals surface area contributed by atoms with Crippen LogP contribution in [0.25, 0.3) is 20.7 Å². The quantitative estimate of drug-likeness (QED) is 0.392. The van der Waals surface area contributed by atoms with Crippen molar-refractivity contribution in [1.29, 1.82) is 0 Å². The van der Waals surface area contributed by atoms with Gasteiger partial charge in [0, 0.05) is 27.5 Å². The van der Waals surface area contributed by atoms with E-state index in [9.17, 15) is 9.59 Å². The topological polar surface area (TPSA) is 83.0 Å². The Bertz CT molecular complexity index is 897. The number of nitrogens with zero attached hydrogens (tertiary/aromatic N) is 1. The van der Waals surface area contributed by atoms with Crippen LogP contribution in [0, 0.1) is 6.92 Å². The average molecular weight is 366 g/mol. The number of carbonyl (C=O) groups is 1. The zero-order valence-electron chi connectivity index (χ0n) is 12.3. The summed E-state index contributed by atoms with van der Waals surface area (Å²) in [5, 5.41) is 11.8. The Kier molecular flexibility index (Phi) is 4.84. The minimum atomic E-state index is -0.808. The molecule has 0 aliphatic heterocycles. The molecule has 0 aliphatic rings. The maximum atomic E-state index is 12.5. The van der Waals surface area contributed by atoms with Crippen LogP contribution in [-0.2, 0) is 4.79 Å². The van der Waals surface area contributed by atoms with Gasteiger partial charge in [0.05, 0.1) is 5.39 Å². The smallest absolute Gasteiger partial charge is 0.303 e. The predicted octanol–water partition coefficient (Wildman–Crippen LogP) is 3.98. The molecule has 0 saturated heterocycles. The molecular formula is C15H14N2O3S3. The molecular weight excluding hydrogens is 352 g/mol. The number of aromatic amines is 1. The number of rotatable bonds is 6. The number of nitrogens with one attached hydrogen (secondary N) is 1. The van der Waals surface area contributed by atoms with Gasteiger partial charge in [-0.1, -0.05) is 17.8 Å². The lowest BCUT2D eigenvalue weighted by Gasteiger charge is -2.01. The monoisotopic (exact) mass is 366 g/mol. The summed E-state index contributed by atoms with van der Waals surface area (Å²) in [4.78, 5) is 33.2. The van der Waals surface area contributed by atoms with Crippen LogP contribution in [0.15, 0.2) is 27.5 Å². The van der Waals surface area contributed by atoms with Gasteiger partial charge in [-0.3, -0.25) is 9.59 Å². The number of carboxylic acids is 1. The maximum absolute atomic E-state index is 12.5. The number of H-pyrrole nitrogens is 1. The van der Waals surface area contributed by atoms with Gasteiger partial charge < -0.3 is 10.1 Å². The highest BCUT2D eigenvalue weighted by atomic mass is 32.2. The molecule has 120 valence electrons. The molecule has 8 heteroatoms. The molecule has 0 bridgehead atoms. The van der Waals surface area contributed by atoms with Gasteiger partial charge in [0.1, 0.15) is 4.83 Å². The minimum Gasteiger partial charge on any atom is -0.481 e. The van der Waals surface area contributed by atoms with E-state index in [1.54, 1.807) is 11.3 Å². The number of aryl methyl sites for hydroxylation is 1. The highest BCUT2D eigenvalue weighted by Gasteiger charge is 2.17. The summed E-state index contributed by atoms with van der Waals surface area (Å²) in [6.07, 6.45) is 0.672. The van der Waals surface area contributed by atoms with E-state index in [0.29, 0.717) is 22.7 Å². The first kappa shape index (κ1) is 16.2. The van der Waals surface area contributed by atoms with Gasteiger partial charge in [0.2, 0.25) is 0 Å². The number of hydrogen-bond acceptors (Lipinski definition) is 6. The van der Waals surface area contributed by atoms with E-state index >= 15 is 0 Å². The molecule has 23 heavy (non-hydrogen) atoms. The van der Waals surface area contributed by atoms with Gasteiger partial charge >= 0.3 is 5.97 Å². The lowest BCUT2D eigenvalue weighted by molar-refractivity contribution is -0.137. The fourth-order valence-corrected chi connectivity index (χ4v) is 5.07. The molecule has 0 aliphatic carbocycles. The van der Waals surface area contributed by atoms with E-state index < -0.39 is 5.97 Å². The van der Waals surface area contributed by atoms with E-state index in [1.807, 2.05) is 24.4 Å². The van der Waals surface area contributed by atoms with Crippen LogP contribution in [0.2, 0.25) is 0 Å². The molecule has 3 aromatic rings. The van der Waals surface area contributed by atoms with Crippen LogP contribution in [0.3, 0.4) is 0 Å². The summed E-state index contributed by atoms with van der Waals surface area (Å²) < 4.78 is 0. The molecule has 0 atom stereocenters. The van der Waals surface area contributed by atoms with Gasteiger partial charge in [-0.05, 0) is 24.8 Å². The standard InChI is InChI=1S/C15H14N2O3S3/c1-8-11(9-4-2-6-21-9)12-13(20)16-15(17-14(12)23-8)22-7-3-5-10(18)19/h2,4,6H,3,5,7H2,1H3,(H,18,19)(H,16,17,20). The molecule has 0 unspecified atom stereocenters. The number of fused-ring (bicyclic) bond motifs is 1. The summed E-state index contributed by atoms with van der Waals surface area (Å²) in [7, 11) is 0. The number of carboxylic acid groups (broad SMARTS) is 1. The lowest BCUT2D eigenvalue weighted by Crippen LogP contribution is -2.08. The van der Waals surface area contributed by atoms with Crippen molar-refractivity contribution in [2.45, 2.75) is 24.9 Å². The highest BCUT2D eigenvalue weighted by Crippen LogP contribution is 2.38. The van der Waals surface area contributed by atoms with Crippen molar-refractivity contribution >= 4 is 50.6 Å². The SMILES string of the molecule is Cc1sc2nc(SCCCC(=O)O)[nH]c(=O)c2c1-c1cccs1. The van der Waals surface area contributed by atoms with Crippen molar-refractivity contribution in [2.24, 2.45) is 0 Å². The number of aromatic nitrogens is 2. The van der Waals surface area contributed by atoms with Gasteiger partial charge in [-0.2, -0.15) is 0 Å². The van der Waals surface area contributed by atoms with Crippen molar-refractivity contribution in [3.8, 4) is 10.4 Å². The second-order valence-electron chi connectivity index (χ2n) is 4.91. The van der Waals surface area contributed by atoms with Crippen LogP contribution in [-0.4, -0.2) is 26.8 Å². The normalized spacial score (nSPS) is 11.2. The van der Waals surface area contributed by atoms with Gasteiger partial charge in [-0.25, -0.2) is 4.98 Å². The van der Waals surface area contributed by atoms with Crippen molar-refractivity contribution in [3.63, 3.8) is 0 Å². The number of thioether (sulfide) groups is 1. The van der Waals surface area contributed by atoms with Crippen molar-refractivity contribution in [2.75, 3.05) is 5.75 Å². The fraction of sp³-hybridized carbons (Fsp3) is 0.267. The van der Waals surface area contributed by atoms with Crippen molar-refractivity contribution in [1.82, 2.24) is 9.97 Å². The van der Waals surface area contributed by atoms with Crippen LogP contribution in [0.4, 0.5) is 0 Å². The molecule has 3 aromatic heterocycles. The first-order valence-corrected chi connectivity index (χ1v) is 9.66. The largest absolute Gasteiger partial charge is 0.481 e. The predicted molar refractivity (Wildman–Crippen MR) is 95.9 cm³/mol. The van der Waals surface area contributed by atoms with Crippen LogP contribution < -0.4 is 5.56 Å². The maximum Gasteiger partial charge on any atom is 0.303 e. The van der Waals surface area contributed by atoms with Crippen LogP contribution in [0.1, 0.15) is 17.7 Å². The average Bonchev–Trinajstić information content (AvgIpc) is 3.10. The van der Waals surface area contributed by atoms with Crippen molar-refractivity contribution < 1.29 is 9.90 Å². The minimum absolute atomic E-state index is 0.125.